The van der Waals surface area contributed by atoms with Crippen LogP contribution in [0.2, 0.25) is 0 Å². The summed E-state index contributed by atoms with van der Waals surface area (Å²) in [6, 6.07) is 0. The normalized spacial score (nSPS) is 31.6. The standard InChI is InChI=1S/C8H15IO4/c1-8(2)12-4-6(13-8)7(11)5(10)3-9/h5-7,10-11H,3-4H2,1-2H3/t5-,6-,7+/m1/s1. The maximum atomic E-state index is 9.59. The second kappa shape index (κ2) is 4.39. The van der Waals surface area contributed by atoms with Crippen LogP contribution >= 0.6 is 22.6 Å². The molecule has 0 radical (unpaired) electrons. The van der Waals surface area contributed by atoms with Crippen LogP contribution in [0.3, 0.4) is 0 Å². The van der Waals surface area contributed by atoms with E-state index in [0.717, 1.165) is 0 Å². The van der Waals surface area contributed by atoms with E-state index < -0.39 is 24.1 Å². The predicted molar refractivity (Wildman–Crippen MR) is 55.8 cm³/mol. The fraction of sp³-hybridized carbons (Fsp3) is 1.00. The lowest BCUT2D eigenvalue weighted by Crippen LogP contribution is -2.40. The number of alkyl halides is 1. The molecular formula is C8H15IO4. The minimum absolute atomic E-state index is 0.335. The molecule has 0 unspecified atom stereocenters. The molecule has 1 aliphatic rings. The molecule has 0 saturated carbocycles. The smallest absolute Gasteiger partial charge is 0.163 e. The Balaban J connectivity index is 2.46. The molecule has 1 rings (SSSR count). The molecule has 0 bridgehead atoms. The van der Waals surface area contributed by atoms with Gasteiger partial charge in [0.2, 0.25) is 0 Å². The first-order valence-electron chi connectivity index (χ1n) is 4.20. The van der Waals surface area contributed by atoms with E-state index >= 15 is 0 Å². The van der Waals surface area contributed by atoms with E-state index in [2.05, 4.69) is 0 Å². The molecule has 0 aromatic rings. The van der Waals surface area contributed by atoms with Gasteiger partial charge in [-0.1, -0.05) is 22.6 Å². The Morgan fingerprint density at radius 2 is 2.15 bits per heavy atom. The fourth-order valence-electron chi connectivity index (χ4n) is 1.22. The van der Waals surface area contributed by atoms with Crippen LogP contribution in [0, 0.1) is 0 Å². The molecule has 78 valence electrons. The van der Waals surface area contributed by atoms with Crippen LogP contribution in [0.1, 0.15) is 13.8 Å². The summed E-state index contributed by atoms with van der Waals surface area (Å²) in [5.74, 6) is -0.642. The van der Waals surface area contributed by atoms with E-state index in [4.69, 9.17) is 9.47 Å². The third kappa shape index (κ3) is 3.02. The number of ether oxygens (including phenoxy) is 2. The zero-order chi connectivity index (χ0) is 10.1. The van der Waals surface area contributed by atoms with Crippen molar-refractivity contribution in [1.29, 1.82) is 0 Å². The number of hydrogen-bond donors (Lipinski definition) is 2. The summed E-state index contributed by atoms with van der Waals surface area (Å²) in [6.45, 7) is 3.91. The van der Waals surface area contributed by atoms with Gasteiger partial charge in [-0.25, -0.2) is 0 Å². The van der Waals surface area contributed by atoms with Gasteiger partial charge in [0.05, 0.1) is 12.7 Å². The molecule has 0 aliphatic carbocycles. The summed E-state index contributed by atoms with van der Waals surface area (Å²) in [5.41, 5.74) is 0. The lowest BCUT2D eigenvalue weighted by molar-refractivity contribution is -0.158. The van der Waals surface area contributed by atoms with Crippen LogP contribution in [0.5, 0.6) is 0 Å². The highest BCUT2D eigenvalue weighted by atomic mass is 127. The average Bonchev–Trinajstić information content (AvgIpc) is 2.43. The van der Waals surface area contributed by atoms with Gasteiger partial charge in [0, 0.05) is 4.43 Å². The van der Waals surface area contributed by atoms with Crippen LogP contribution in [0.4, 0.5) is 0 Å². The molecule has 13 heavy (non-hydrogen) atoms. The van der Waals surface area contributed by atoms with Crippen LogP contribution < -0.4 is 0 Å². The number of aliphatic hydroxyl groups excluding tert-OH is 2. The second-order valence-electron chi connectivity index (χ2n) is 3.58. The third-order valence-corrected chi connectivity index (χ3v) is 2.87. The molecule has 1 aliphatic heterocycles. The highest BCUT2D eigenvalue weighted by Crippen LogP contribution is 2.25. The Morgan fingerprint density at radius 1 is 1.54 bits per heavy atom. The molecule has 0 amide bonds. The summed E-state index contributed by atoms with van der Waals surface area (Å²) in [6.07, 6.45) is -2.03. The molecule has 2 N–H and O–H groups in total. The summed E-state index contributed by atoms with van der Waals surface area (Å²) in [4.78, 5) is 0. The molecule has 0 aromatic carbocycles. The number of aliphatic hydroxyl groups is 2. The second-order valence-corrected chi connectivity index (χ2v) is 4.46. The maximum absolute atomic E-state index is 9.59. The maximum Gasteiger partial charge on any atom is 0.163 e. The van der Waals surface area contributed by atoms with Crippen molar-refractivity contribution in [2.75, 3.05) is 11.0 Å². The van der Waals surface area contributed by atoms with Crippen molar-refractivity contribution in [1.82, 2.24) is 0 Å². The Bertz CT molecular complexity index is 174. The van der Waals surface area contributed by atoms with Crippen molar-refractivity contribution in [3.8, 4) is 0 Å². The Morgan fingerprint density at radius 3 is 2.54 bits per heavy atom. The Kier molecular flexibility index (Phi) is 3.94. The molecule has 5 heteroatoms. The van der Waals surface area contributed by atoms with E-state index in [0.29, 0.717) is 11.0 Å². The first-order chi connectivity index (χ1) is 5.96. The lowest BCUT2D eigenvalue weighted by atomic mass is 10.1. The van der Waals surface area contributed by atoms with Crippen molar-refractivity contribution < 1.29 is 19.7 Å². The lowest BCUT2D eigenvalue weighted by Gasteiger charge is -2.22. The zero-order valence-corrected chi connectivity index (χ0v) is 9.89. The quantitative estimate of drug-likeness (QED) is 0.581. The van der Waals surface area contributed by atoms with E-state index in [9.17, 15) is 10.2 Å². The van der Waals surface area contributed by atoms with Crippen LogP contribution in [0.15, 0.2) is 0 Å². The highest BCUT2D eigenvalue weighted by Gasteiger charge is 2.38. The Hall–Kier alpha value is 0.570. The monoisotopic (exact) mass is 302 g/mol. The summed E-state index contributed by atoms with van der Waals surface area (Å²) in [5, 5.41) is 19.0. The largest absolute Gasteiger partial charge is 0.390 e. The first-order valence-corrected chi connectivity index (χ1v) is 5.73. The van der Waals surface area contributed by atoms with Gasteiger partial charge >= 0.3 is 0 Å². The van der Waals surface area contributed by atoms with Crippen molar-refractivity contribution in [3.05, 3.63) is 0 Å². The van der Waals surface area contributed by atoms with Crippen molar-refractivity contribution in [3.63, 3.8) is 0 Å². The van der Waals surface area contributed by atoms with Gasteiger partial charge < -0.3 is 19.7 Å². The van der Waals surface area contributed by atoms with E-state index in [-0.39, 0.29) is 0 Å². The predicted octanol–water partition coefficient (Wildman–Crippen LogP) is 0.295. The van der Waals surface area contributed by atoms with Gasteiger partial charge in [-0.3, -0.25) is 0 Å². The highest BCUT2D eigenvalue weighted by molar-refractivity contribution is 14.1. The Labute approximate surface area is 91.4 Å². The van der Waals surface area contributed by atoms with Gasteiger partial charge in [0.15, 0.2) is 5.79 Å². The van der Waals surface area contributed by atoms with Crippen LogP contribution in [-0.2, 0) is 9.47 Å². The molecule has 0 spiro atoms. The molecule has 3 atom stereocenters. The molecule has 1 saturated heterocycles. The molecule has 4 nitrogen and oxygen atoms in total. The van der Waals surface area contributed by atoms with E-state index in [1.807, 2.05) is 22.6 Å². The summed E-state index contributed by atoms with van der Waals surface area (Å²) in [7, 11) is 0. The van der Waals surface area contributed by atoms with Gasteiger partial charge in [-0.15, -0.1) is 0 Å². The van der Waals surface area contributed by atoms with Crippen molar-refractivity contribution in [2.24, 2.45) is 0 Å². The molecule has 0 aromatic heterocycles. The molecule has 1 heterocycles. The minimum Gasteiger partial charge on any atom is -0.390 e. The average molecular weight is 302 g/mol. The van der Waals surface area contributed by atoms with Crippen molar-refractivity contribution in [2.45, 2.75) is 37.9 Å². The number of rotatable bonds is 3. The van der Waals surface area contributed by atoms with Gasteiger partial charge in [0.25, 0.3) is 0 Å². The molecular weight excluding hydrogens is 287 g/mol. The molecule has 1 fully saturated rings. The third-order valence-electron chi connectivity index (χ3n) is 1.96. The van der Waals surface area contributed by atoms with Gasteiger partial charge in [-0.05, 0) is 13.8 Å². The minimum atomic E-state index is -0.862. The van der Waals surface area contributed by atoms with Crippen LogP contribution in [0.25, 0.3) is 0 Å². The van der Waals surface area contributed by atoms with Gasteiger partial charge in [-0.2, -0.15) is 0 Å². The van der Waals surface area contributed by atoms with E-state index in [1.165, 1.54) is 0 Å². The van der Waals surface area contributed by atoms with Gasteiger partial charge in [0.1, 0.15) is 12.2 Å². The number of halogens is 1. The van der Waals surface area contributed by atoms with Crippen molar-refractivity contribution >= 4 is 22.6 Å². The fourth-order valence-corrected chi connectivity index (χ4v) is 1.74. The van der Waals surface area contributed by atoms with Crippen LogP contribution in [-0.4, -0.2) is 45.3 Å². The van der Waals surface area contributed by atoms with E-state index in [1.54, 1.807) is 13.8 Å². The summed E-state index contributed by atoms with van der Waals surface area (Å²) < 4.78 is 11.2. The first kappa shape index (κ1) is 11.6. The topological polar surface area (TPSA) is 58.9 Å². The SMILES string of the molecule is CC1(C)OC[C@H]([C@@H](O)[C@H](O)CI)O1. The summed E-state index contributed by atoms with van der Waals surface area (Å²) >= 11 is 2.02. The zero-order valence-electron chi connectivity index (χ0n) is 7.74. The number of hydrogen-bond acceptors (Lipinski definition) is 4.